The third-order valence-corrected chi connectivity index (χ3v) is 5.57. The molecule has 0 bridgehead atoms. The molecule has 3 rings (SSSR count). The molecule has 1 saturated heterocycles. The fraction of sp³-hybridized carbons (Fsp3) is 0.789. The van der Waals surface area contributed by atoms with Crippen molar-refractivity contribution in [3.05, 3.63) is 17.5 Å². The highest BCUT2D eigenvalue weighted by atomic mass is 16.5. The van der Waals surface area contributed by atoms with Gasteiger partial charge in [-0.3, -0.25) is 4.99 Å². The molecule has 1 saturated carbocycles. The first kappa shape index (κ1) is 18.2. The lowest BCUT2D eigenvalue weighted by Gasteiger charge is -2.33. The summed E-state index contributed by atoms with van der Waals surface area (Å²) >= 11 is 0. The normalized spacial score (nSPS) is 20.2. The molecular weight excluding hydrogens is 314 g/mol. The molecule has 1 aromatic heterocycles. The Morgan fingerprint density at radius 2 is 2.00 bits per heavy atom. The molecule has 140 valence electrons. The molecule has 0 spiro atoms. The Hall–Kier alpha value is -1.56. The SMILES string of the molecule is CCC(CC)c1cc(CNC(=NC)NC2CCN(C3CC3)CC2)on1. The van der Waals surface area contributed by atoms with E-state index in [2.05, 4.69) is 45.6 Å². The van der Waals surface area contributed by atoms with Gasteiger partial charge in [0.25, 0.3) is 0 Å². The minimum Gasteiger partial charge on any atom is -0.359 e. The van der Waals surface area contributed by atoms with Crippen LogP contribution in [0.2, 0.25) is 0 Å². The molecule has 1 aromatic rings. The van der Waals surface area contributed by atoms with Crippen LogP contribution in [0.5, 0.6) is 0 Å². The van der Waals surface area contributed by atoms with Gasteiger partial charge in [-0.15, -0.1) is 0 Å². The summed E-state index contributed by atoms with van der Waals surface area (Å²) in [5.74, 6) is 2.21. The molecule has 2 fully saturated rings. The van der Waals surface area contributed by atoms with E-state index in [0.29, 0.717) is 18.5 Å². The van der Waals surface area contributed by atoms with Crippen LogP contribution in [0.3, 0.4) is 0 Å². The highest BCUT2D eigenvalue weighted by Gasteiger charge is 2.31. The number of hydrogen-bond acceptors (Lipinski definition) is 4. The van der Waals surface area contributed by atoms with Crippen LogP contribution < -0.4 is 10.6 Å². The van der Waals surface area contributed by atoms with Crippen molar-refractivity contribution in [2.45, 2.75) is 76.9 Å². The van der Waals surface area contributed by atoms with Gasteiger partial charge in [0.15, 0.2) is 11.7 Å². The van der Waals surface area contributed by atoms with Gasteiger partial charge >= 0.3 is 0 Å². The minimum absolute atomic E-state index is 0.492. The number of piperidine rings is 1. The number of hydrogen-bond donors (Lipinski definition) is 2. The number of guanidine groups is 1. The van der Waals surface area contributed by atoms with E-state index in [-0.39, 0.29) is 0 Å². The molecule has 0 radical (unpaired) electrons. The topological polar surface area (TPSA) is 65.7 Å². The van der Waals surface area contributed by atoms with Gasteiger partial charge in [-0.1, -0.05) is 19.0 Å². The third kappa shape index (κ3) is 4.97. The largest absolute Gasteiger partial charge is 0.359 e. The van der Waals surface area contributed by atoms with Crippen LogP contribution in [0.1, 0.15) is 69.7 Å². The Kier molecular flexibility index (Phi) is 6.34. The smallest absolute Gasteiger partial charge is 0.191 e. The van der Waals surface area contributed by atoms with Crippen LogP contribution in [0.15, 0.2) is 15.6 Å². The Morgan fingerprint density at radius 3 is 2.60 bits per heavy atom. The molecule has 2 heterocycles. The monoisotopic (exact) mass is 347 g/mol. The van der Waals surface area contributed by atoms with Crippen LogP contribution >= 0.6 is 0 Å². The number of likely N-dealkylation sites (tertiary alicyclic amines) is 1. The Bertz CT molecular complexity index is 554. The maximum Gasteiger partial charge on any atom is 0.191 e. The summed E-state index contributed by atoms with van der Waals surface area (Å²) in [6, 6.07) is 3.47. The van der Waals surface area contributed by atoms with Crippen molar-refractivity contribution < 1.29 is 4.52 Å². The number of nitrogens with one attached hydrogen (secondary N) is 2. The fourth-order valence-electron chi connectivity index (χ4n) is 3.72. The summed E-state index contributed by atoms with van der Waals surface area (Å²) < 4.78 is 5.48. The first-order chi connectivity index (χ1) is 12.2. The zero-order chi connectivity index (χ0) is 17.6. The standard InChI is InChI=1S/C19H33N5O/c1-4-14(5-2)18-12-17(25-23-18)13-21-19(20-3)22-15-8-10-24(11-9-15)16-6-7-16/h12,14-16H,4-11,13H2,1-3H3,(H2,20,21,22). The molecule has 0 amide bonds. The highest BCUT2D eigenvalue weighted by molar-refractivity contribution is 5.79. The summed E-state index contributed by atoms with van der Waals surface area (Å²) in [5.41, 5.74) is 1.07. The van der Waals surface area contributed by atoms with Gasteiger partial charge in [0.2, 0.25) is 0 Å². The van der Waals surface area contributed by atoms with Crippen molar-refractivity contribution in [3.63, 3.8) is 0 Å². The van der Waals surface area contributed by atoms with E-state index < -0.39 is 0 Å². The molecule has 2 aliphatic rings. The lowest BCUT2D eigenvalue weighted by molar-refractivity contribution is 0.197. The molecule has 6 nitrogen and oxygen atoms in total. The second kappa shape index (κ2) is 8.70. The average Bonchev–Trinajstić information content (AvgIpc) is 3.39. The van der Waals surface area contributed by atoms with Crippen LogP contribution in [-0.2, 0) is 6.54 Å². The Morgan fingerprint density at radius 1 is 1.28 bits per heavy atom. The van der Waals surface area contributed by atoms with E-state index in [0.717, 1.165) is 36.3 Å². The van der Waals surface area contributed by atoms with Crippen molar-refractivity contribution in [1.82, 2.24) is 20.7 Å². The second-order valence-corrected chi connectivity index (χ2v) is 7.34. The van der Waals surface area contributed by atoms with Gasteiger partial charge < -0.3 is 20.1 Å². The maximum absolute atomic E-state index is 5.48. The van der Waals surface area contributed by atoms with Gasteiger partial charge in [0.1, 0.15) is 0 Å². The molecular formula is C19H33N5O. The predicted molar refractivity (Wildman–Crippen MR) is 101 cm³/mol. The fourth-order valence-corrected chi connectivity index (χ4v) is 3.72. The second-order valence-electron chi connectivity index (χ2n) is 7.34. The minimum atomic E-state index is 0.492. The van der Waals surface area contributed by atoms with E-state index in [1.165, 1.54) is 38.8 Å². The van der Waals surface area contributed by atoms with E-state index in [1.54, 1.807) is 0 Å². The van der Waals surface area contributed by atoms with Crippen molar-refractivity contribution in [3.8, 4) is 0 Å². The van der Waals surface area contributed by atoms with Crippen LogP contribution in [0.25, 0.3) is 0 Å². The Balaban J connectivity index is 1.43. The Labute approximate surface area is 151 Å². The zero-order valence-electron chi connectivity index (χ0n) is 15.9. The van der Waals surface area contributed by atoms with E-state index in [9.17, 15) is 0 Å². The molecule has 0 atom stereocenters. The van der Waals surface area contributed by atoms with Gasteiger partial charge in [0, 0.05) is 44.2 Å². The van der Waals surface area contributed by atoms with Crippen LogP contribution in [0.4, 0.5) is 0 Å². The molecule has 0 aromatic carbocycles. The van der Waals surface area contributed by atoms with Crippen LogP contribution in [-0.4, -0.2) is 48.2 Å². The molecule has 6 heteroatoms. The van der Waals surface area contributed by atoms with Gasteiger partial charge in [-0.25, -0.2) is 0 Å². The van der Waals surface area contributed by atoms with E-state index in [4.69, 9.17) is 4.52 Å². The van der Waals surface area contributed by atoms with Gasteiger partial charge in [-0.05, 0) is 38.5 Å². The van der Waals surface area contributed by atoms with Crippen molar-refractivity contribution in [2.24, 2.45) is 4.99 Å². The predicted octanol–water partition coefficient (Wildman–Crippen LogP) is 2.87. The first-order valence-electron chi connectivity index (χ1n) is 9.90. The third-order valence-electron chi connectivity index (χ3n) is 5.57. The maximum atomic E-state index is 5.48. The number of aromatic nitrogens is 1. The first-order valence-corrected chi connectivity index (χ1v) is 9.90. The lowest BCUT2D eigenvalue weighted by Crippen LogP contribution is -2.48. The number of rotatable bonds is 7. The molecule has 1 aliphatic carbocycles. The molecule has 1 aliphatic heterocycles. The zero-order valence-corrected chi connectivity index (χ0v) is 15.9. The molecule has 2 N–H and O–H groups in total. The summed E-state index contributed by atoms with van der Waals surface area (Å²) in [6.07, 6.45) is 7.38. The quantitative estimate of drug-likeness (QED) is 0.586. The molecule has 25 heavy (non-hydrogen) atoms. The van der Waals surface area contributed by atoms with Crippen LogP contribution in [0, 0.1) is 0 Å². The van der Waals surface area contributed by atoms with E-state index in [1.807, 2.05) is 7.05 Å². The van der Waals surface area contributed by atoms with Gasteiger partial charge in [0.05, 0.1) is 12.2 Å². The van der Waals surface area contributed by atoms with Crippen molar-refractivity contribution in [1.29, 1.82) is 0 Å². The van der Waals surface area contributed by atoms with Crippen molar-refractivity contribution >= 4 is 5.96 Å². The average molecular weight is 348 g/mol. The summed E-state index contributed by atoms with van der Waals surface area (Å²) in [5, 5.41) is 11.1. The number of aliphatic imine (C=N–C) groups is 1. The number of nitrogens with zero attached hydrogens (tertiary/aromatic N) is 3. The van der Waals surface area contributed by atoms with E-state index >= 15 is 0 Å². The highest BCUT2D eigenvalue weighted by Crippen LogP contribution is 2.29. The van der Waals surface area contributed by atoms with Crippen molar-refractivity contribution in [2.75, 3.05) is 20.1 Å². The summed E-state index contributed by atoms with van der Waals surface area (Å²) in [6.45, 7) is 7.43. The molecule has 0 unspecified atom stereocenters. The summed E-state index contributed by atoms with van der Waals surface area (Å²) in [4.78, 5) is 7.00. The van der Waals surface area contributed by atoms with Gasteiger partial charge in [-0.2, -0.15) is 0 Å². The summed E-state index contributed by atoms with van der Waals surface area (Å²) in [7, 11) is 1.82. The lowest BCUT2D eigenvalue weighted by atomic mass is 9.99.